The fraction of sp³-hybridized carbons (Fsp3) is 0.214. The highest BCUT2D eigenvalue weighted by molar-refractivity contribution is 9.10. The van der Waals surface area contributed by atoms with Gasteiger partial charge in [-0.25, -0.2) is 4.98 Å². The van der Waals surface area contributed by atoms with Crippen molar-refractivity contribution >= 4 is 33.4 Å². The highest BCUT2D eigenvalue weighted by Crippen LogP contribution is 2.29. The van der Waals surface area contributed by atoms with Crippen molar-refractivity contribution in [2.24, 2.45) is 0 Å². The van der Waals surface area contributed by atoms with Gasteiger partial charge in [0.1, 0.15) is 0 Å². The van der Waals surface area contributed by atoms with E-state index in [-0.39, 0.29) is 10.6 Å². The minimum atomic E-state index is -0.382. The fourth-order valence-corrected chi connectivity index (χ4v) is 3.19. The van der Waals surface area contributed by atoms with E-state index in [1.54, 1.807) is 23.9 Å². The van der Waals surface area contributed by atoms with Crippen LogP contribution in [0.25, 0.3) is 0 Å². The number of nitrogens with zero attached hydrogens (tertiary/aromatic N) is 2. The van der Waals surface area contributed by atoms with Crippen molar-refractivity contribution < 1.29 is 4.92 Å². The molecule has 0 aliphatic heterocycles. The minimum Gasteiger partial charge on any atom is -0.258 e. The summed E-state index contributed by atoms with van der Waals surface area (Å²) in [4.78, 5) is 15.0. The summed E-state index contributed by atoms with van der Waals surface area (Å²) in [5.74, 6) is 0.657. The van der Waals surface area contributed by atoms with E-state index >= 15 is 0 Å². The summed E-state index contributed by atoms with van der Waals surface area (Å²) in [5.41, 5.74) is 3.15. The molecule has 2 rings (SSSR count). The topological polar surface area (TPSA) is 56.0 Å². The molecule has 0 fully saturated rings. The second kappa shape index (κ2) is 6.37. The summed E-state index contributed by atoms with van der Waals surface area (Å²) < 4.78 is 0.501. The first-order chi connectivity index (χ1) is 9.45. The molecule has 0 amide bonds. The zero-order valence-electron chi connectivity index (χ0n) is 11.1. The van der Waals surface area contributed by atoms with Crippen LogP contribution < -0.4 is 0 Å². The second-order valence-corrected chi connectivity index (χ2v) is 6.31. The van der Waals surface area contributed by atoms with Crippen molar-refractivity contribution in [1.29, 1.82) is 0 Å². The maximum atomic E-state index is 10.9. The lowest BCUT2D eigenvalue weighted by atomic mass is 10.2. The molecule has 1 aromatic carbocycles. The highest BCUT2D eigenvalue weighted by atomic mass is 79.9. The zero-order chi connectivity index (χ0) is 14.7. The first-order valence-corrected chi connectivity index (χ1v) is 7.74. The van der Waals surface area contributed by atoms with Crippen molar-refractivity contribution in [3.63, 3.8) is 0 Å². The molecule has 0 bridgehead atoms. The third-order valence-electron chi connectivity index (χ3n) is 2.67. The van der Waals surface area contributed by atoms with E-state index in [0.717, 1.165) is 16.3 Å². The first-order valence-electron chi connectivity index (χ1n) is 5.96. The molecule has 0 aliphatic carbocycles. The molecule has 0 saturated heterocycles. The number of nitro benzene ring substituents is 1. The Morgan fingerprint density at radius 2 is 2.05 bits per heavy atom. The number of nitro groups is 1. The third-order valence-corrected chi connectivity index (χ3v) is 4.32. The lowest BCUT2D eigenvalue weighted by Crippen LogP contribution is -1.92. The van der Waals surface area contributed by atoms with Crippen LogP contribution in [-0.2, 0) is 5.75 Å². The smallest absolute Gasteiger partial charge is 0.258 e. The Kier molecular flexibility index (Phi) is 4.77. The standard InChI is InChI=1S/C14H13BrN2O2S/c1-9-5-10(2)16-14(6-9)20-8-11-3-4-12(15)13(7-11)17(18)19/h3-7H,8H2,1-2H3. The SMILES string of the molecule is Cc1cc(C)nc(SCc2ccc(Br)c([N+](=O)[O-])c2)c1. The summed E-state index contributed by atoms with van der Waals surface area (Å²) in [6.07, 6.45) is 0. The molecular weight excluding hydrogens is 340 g/mol. The minimum absolute atomic E-state index is 0.0940. The number of aromatic nitrogens is 1. The number of benzene rings is 1. The van der Waals surface area contributed by atoms with Gasteiger partial charge in [0, 0.05) is 17.5 Å². The maximum absolute atomic E-state index is 10.9. The Balaban J connectivity index is 2.14. The second-order valence-electron chi connectivity index (χ2n) is 4.46. The molecule has 0 N–H and O–H groups in total. The van der Waals surface area contributed by atoms with Gasteiger partial charge in [0.2, 0.25) is 0 Å². The van der Waals surface area contributed by atoms with Gasteiger partial charge in [-0.1, -0.05) is 6.07 Å². The highest BCUT2D eigenvalue weighted by Gasteiger charge is 2.12. The number of hydrogen-bond donors (Lipinski definition) is 0. The molecule has 1 aromatic heterocycles. The summed E-state index contributed by atoms with van der Waals surface area (Å²) in [6.45, 7) is 3.99. The number of thioether (sulfide) groups is 1. The number of rotatable bonds is 4. The van der Waals surface area contributed by atoms with Gasteiger partial charge in [0.25, 0.3) is 5.69 Å². The van der Waals surface area contributed by atoms with Crippen LogP contribution in [0.3, 0.4) is 0 Å². The summed E-state index contributed by atoms with van der Waals surface area (Å²) >= 11 is 4.76. The molecule has 20 heavy (non-hydrogen) atoms. The van der Waals surface area contributed by atoms with Gasteiger partial charge in [0.05, 0.1) is 14.4 Å². The van der Waals surface area contributed by atoms with Crippen LogP contribution in [0.2, 0.25) is 0 Å². The molecule has 4 nitrogen and oxygen atoms in total. The summed E-state index contributed by atoms with van der Waals surface area (Å²) in [6, 6.07) is 9.23. The van der Waals surface area contributed by atoms with E-state index < -0.39 is 0 Å². The van der Waals surface area contributed by atoms with E-state index in [4.69, 9.17) is 0 Å². The molecule has 0 saturated carbocycles. The monoisotopic (exact) mass is 352 g/mol. The van der Waals surface area contributed by atoms with Crippen LogP contribution >= 0.6 is 27.7 Å². The number of aryl methyl sites for hydroxylation is 2. The van der Waals surface area contributed by atoms with Gasteiger partial charge >= 0.3 is 0 Å². The van der Waals surface area contributed by atoms with Crippen molar-refractivity contribution in [1.82, 2.24) is 4.98 Å². The van der Waals surface area contributed by atoms with E-state index in [1.807, 2.05) is 32.0 Å². The van der Waals surface area contributed by atoms with Gasteiger partial charge < -0.3 is 0 Å². The molecule has 2 aromatic rings. The number of halogens is 1. The van der Waals surface area contributed by atoms with Gasteiger partial charge in [-0.15, -0.1) is 11.8 Å². The van der Waals surface area contributed by atoms with Gasteiger partial charge in [0.15, 0.2) is 0 Å². The van der Waals surface area contributed by atoms with Gasteiger partial charge in [-0.2, -0.15) is 0 Å². The summed E-state index contributed by atoms with van der Waals surface area (Å²) in [5, 5.41) is 11.8. The lowest BCUT2D eigenvalue weighted by Gasteiger charge is -2.05. The molecule has 0 unspecified atom stereocenters. The van der Waals surface area contributed by atoms with E-state index in [9.17, 15) is 10.1 Å². The molecule has 0 atom stereocenters. The number of hydrogen-bond acceptors (Lipinski definition) is 4. The Morgan fingerprint density at radius 1 is 1.30 bits per heavy atom. The maximum Gasteiger partial charge on any atom is 0.283 e. The van der Waals surface area contributed by atoms with Gasteiger partial charge in [-0.05, 0) is 59.1 Å². The zero-order valence-corrected chi connectivity index (χ0v) is 13.5. The Hall–Kier alpha value is -1.40. The average Bonchev–Trinajstić information content (AvgIpc) is 2.36. The Bertz CT molecular complexity index is 641. The molecular formula is C14H13BrN2O2S. The number of pyridine rings is 1. The van der Waals surface area contributed by atoms with E-state index in [2.05, 4.69) is 20.9 Å². The molecule has 0 aliphatic rings. The Labute approximate surface area is 129 Å². The van der Waals surface area contributed by atoms with Crippen molar-refractivity contribution in [3.8, 4) is 0 Å². The predicted molar refractivity (Wildman–Crippen MR) is 84.1 cm³/mol. The van der Waals surface area contributed by atoms with E-state index in [1.165, 1.54) is 5.56 Å². The van der Waals surface area contributed by atoms with Crippen molar-refractivity contribution in [2.45, 2.75) is 24.6 Å². The fourth-order valence-electron chi connectivity index (χ4n) is 1.82. The van der Waals surface area contributed by atoms with Crippen molar-refractivity contribution in [2.75, 3.05) is 0 Å². The Morgan fingerprint density at radius 3 is 2.70 bits per heavy atom. The normalized spacial score (nSPS) is 10.6. The molecule has 6 heteroatoms. The van der Waals surface area contributed by atoms with Crippen LogP contribution in [0.5, 0.6) is 0 Å². The molecule has 0 spiro atoms. The van der Waals surface area contributed by atoms with Crippen LogP contribution in [0.15, 0.2) is 39.8 Å². The van der Waals surface area contributed by atoms with Gasteiger partial charge in [-0.3, -0.25) is 10.1 Å². The van der Waals surface area contributed by atoms with Crippen LogP contribution in [0, 0.1) is 24.0 Å². The van der Waals surface area contributed by atoms with Crippen LogP contribution in [0.1, 0.15) is 16.8 Å². The third kappa shape index (κ3) is 3.80. The van der Waals surface area contributed by atoms with Crippen molar-refractivity contribution in [3.05, 3.63) is 61.7 Å². The molecule has 0 radical (unpaired) electrons. The van der Waals surface area contributed by atoms with Crippen LogP contribution in [-0.4, -0.2) is 9.91 Å². The first kappa shape index (κ1) is 15.0. The summed E-state index contributed by atoms with van der Waals surface area (Å²) in [7, 11) is 0. The predicted octanol–water partition coefficient (Wildman–Crippen LogP) is 4.66. The molecule has 104 valence electrons. The average molecular weight is 353 g/mol. The van der Waals surface area contributed by atoms with Crippen LogP contribution in [0.4, 0.5) is 5.69 Å². The van der Waals surface area contributed by atoms with E-state index in [0.29, 0.717) is 10.2 Å². The lowest BCUT2D eigenvalue weighted by molar-refractivity contribution is -0.385. The quantitative estimate of drug-likeness (QED) is 0.456. The molecule has 1 heterocycles. The largest absolute Gasteiger partial charge is 0.283 e.